The van der Waals surface area contributed by atoms with Crippen LogP contribution in [0.4, 0.5) is 0 Å². The lowest BCUT2D eigenvalue weighted by Crippen LogP contribution is -2.47. The first-order valence-electron chi connectivity index (χ1n) is 8.64. The van der Waals surface area contributed by atoms with Crippen LogP contribution in [-0.2, 0) is 22.7 Å². The number of Topliss-reactive ketones (excluding diaryl/α,β-unsaturated/α-hetero) is 1. The van der Waals surface area contributed by atoms with Crippen molar-refractivity contribution in [1.29, 1.82) is 0 Å². The lowest BCUT2D eigenvalue weighted by molar-refractivity contribution is -0.133. The molecule has 2 atom stereocenters. The third-order valence-corrected chi connectivity index (χ3v) is 4.58. The molecule has 0 spiro atoms. The van der Waals surface area contributed by atoms with Crippen LogP contribution >= 0.6 is 0 Å². The van der Waals surface area contributed by atoms with E-state index in [4.69, 9.17) is 4.74 Å². The largest absolute Gasteiger partial charge is 0.376 e. The van der Waals surface area contributed by atoms with Crippen molar-refractivity contribution < 1.29 is 9.53 Å². The minimum absolute atomic E-state index is 0.0267. The second-order valence-corrected chi connectivity index (χ2v) is 6.68. The summed E-state index contributed by atoms with van der Waals surface area (Å²) in [6.45, 7) is 5.62. The number of piperidine rings is 1. The van der Waals surface area contributed by atoms with E-state index in [1.54, 1.807) is 0 Å². The van der Waals surface area contributed by atoms with Crippen molar-refractivity contribution in [3.05, 3.63) is 71.8 Å². The second-order valence-electron chi connectivity index (χ2n) is 6.68. The molecule has 1 saturated heterocycles. The fraction of sp³-hybridized carbons (Fsp3) is 0.381. The minimum Gasteiger partial charge on any atom is -0.376 e. The Bertz CT molecular complexity index is 641. The summed E-state index contributed by atoms with van der Waals surface area (Å²) in [5.74, 6) is 0.390. The van der Waals surface area contributed by atoms with Crippen molar-refractivity contribution in [3.63, 3.8) is 0 Å². The molecule has 1 aliphatic rings. The second kappa shape index (κ2) is 8.22. The molecule has 0 saturated carbocycles. The van der Waals surface area contributed by atoms with Crippen molar-refractivity contribution in [2.75, 3.05) is 19.7 Å². The van der Waals surface area contributed by atoms with E-state index in [2.05, 4.69) is 29.2 Å². The van der Waals surface area contributed by atoms with Gasteiger partial charge in [0.15, 0.2) is 0 Å². The zero-order valence-electron chi connectivity index (χ0n) is 14.2. The van der Waals surface area contributed by atoms with E-state index < -0.39 is 0 Å². The van der Waals surface area contributed by atoms with E-state index >= 15 is 0 Å². The molecule has 126 valence electrons. The van der Waals surface area contributed by atoms with Crippen molar-refractivity contribution in [1.82, 2.24) is 4.90 Å². The molecule has 3 heteroatoms. The predicted molar refractivity (Wildman–Crippen MR) is 95.5 cm³/mol. The van der Waals surface area contributed by atoms with Gasteiger partial charge in [-0.05, 0) is 11.1 Å². The van der Waals surface area contributed by atoms with E-state index in [9.17, 15) is 4.79 Å². The number of benzene rings is 2. The summed E-state index contributed by atoms with van der Waals surface area (Å²) >= 11 is 0. The number of ketones is 1. The number of nitrogens with zero attached hydrogens (tertiary/aromatic N) is 1. The SMILES string of the molecule is CC1CN(Cc2ccccc2)CC(COCc2ccccc2)C1=O. The Balaban J connectivity index is 1.54. The number of ether oxygens (including phenoxy) is 1. The van der Waals surface area contributed by atoms with Crippen molar-refractivity contribution in [2.45, 2.75) is 20.1 Å². The van der Waals surface area contributed by atoms with Gasteiger partial charge in [-0.25, -0.2) is 0 Å². The summed E-state index contributed by atoms with van der Waals surface area (Å²) < 4.78 is 5.83. The first-order valence-corrected chi connectivity index (χ1v) is 8.64. The molecule has 2 aromatic carbocycles. The van der Waals surface area contributed by atoms with Crippen molar-refractivity contribution in [2.24, 2.45) is 11.8 Å². The van der Waals surface area contributed by atoms with Gasteiger partial charge in [-0.1, -0.05) is 67.6 Å². The topological polar surface area (TPSA) is 29.5 Å². The van der Waals surface area contributed by atoms with Gasteiger partial charge in [0.25, 0.3) is 0 Å². The highest BCUT2D eigenvalue weighted by atomic mass is 16.5. The average Bonchev–Trinajstić information content (AvgIpc) is 2.61. The van der Waals surface area contributed by atoms with Crippen LogP contribution in [0.25, 0.3) is 0 Å². The van der Waals surface area contributed by atoms with Crippen LogP contribution < -0.4 is 0 Å². The van der Waals surface area contributed by atoms with Gasteiger partial charge in [0.1, 0.15) is 5.78 Å². The molecule has 1 aliphatic heterocycles. The maximum absolute atomic E-state index is 12.5. The Morgan fingerprint density at radius 2 is 1.58 bits per heavy atom. The fourth-order valence-corrected chi connectivity index (χ4v) is 3.35. The van der Waals surface area contributed by atoms with Crippen LogP contribution in [0.1, 0.15) is 18.1 Å². The van der Waals surface area contributed by atoms with Crippen LogP contribution in [0.15, 0.2) is 60.7 Å². The molecule has 2 unspecified atom stereocenters. The Labute approximate surface area is 144 Å². The molecule has 2 aromatic rings. The number of rotatable bonds is 6. The number of likely N-dealkylation sites (tertiary alicyclic amines) is 1. The number of carbonyl (C=O) groups excluding carboxylic acids is 1. The molecule has 24 heavy (non-hydrogen) atoms. The molecule has 0 amide bonds. The Kier molecular flexibility index (Phi) is 5.78. The quantitative estimate of drug-likeness (QED) is 0.814. The van der Waals surface area contributed by atoms with Crippen LogP contribution in [0.3, 0.4) is 0 Å². The molecule has 1 heterocycles. The fourth-order valence-electron chi connectivity index (χ4n) is 3.35. The molecule has 3 nitrogen and oxygen atoms in total. The summed E-state index contributed by atoms with van der Waals surface area (Å²) in [7, 11) is 0. The molecule has 0 aliphatic carbocycles. The van der Waals surface area contributed by atoms with E-state index in [0.717, 1.165) is 25.2 Å². The summed E-state index contributed by atoms with van der Waals surface area (Å²) in [5, 5.41) is 0. The molecule has 3 rings (SSSR count). The van der Waals surface area contributed by atoms with E-state index in [-0.39, 0.29) is 11.8 Å². The van der Waals surface area contributed by atoms with Crippen LogP contribution in [-0.4, -0.2) is 30.4 Å². The Morgan fingerprint density at radius 1 is 0.958 bits per heavy atom. The molecule has 0 bridgehead atoms. The standard InChI is InChI=1S/C21H25NO2/c1-17-12-22(13-18-8-4-2-5-9-18)14-20(21(17)23)16-24-15-19-10-6-3-7-11-19/h2-11,17,20H,12-16H2,1H3. The lowest BCUT2D eigenvalue weighted by Gasteiger charge is -2.35. The molecule has 1 fully saturated rings. The zero-order chi connectivity index (χ0) is 16.8. The molecular weight excluding hydrogens is 298 g/mol. The third kappa shape index (κ3) is 4.53. The lowest BCUT2D eigenvalue weighted by atomic mass is 9.89. The van der Waals surface area contributed by atoms with Crippen LogP contribution in [0.2, 0.25) is 0 Å². The van der Waals surface area contributed by atoms with E-state index in [0.29, 0.717) is 19.0 Å². The normalized spacial score (nSPS) is 21.8. The highest BCUT2D eigenvalue weighted by molar-refractivity contribution is 5.84. The van der Waals surface area contributed by atoms with Crippen molar-refractivity contribution in [3.8, 4) is 0 Å². The van der Waals surface area contributed by atoms with Gasteiger partial charge in [-0.2, -0.15) is 0 Å². The highest BCUT2D eigenvalue weighted by Gasteiger charge is 2.32. The van der Waals surface area contributed by atoms with Crippen LogP contribution in [0, 0.1) is 11.8 Å². The van der Waals surface area contributed by atoms with Gasteiger partial charge in [0.2, 0.25) is 0 Å². The monoisotopic (exact) mass is 323 g/mol. The first-order chi connectivity index (χ1) is 11.7. The van der Waals surface area contributed by atoms with Gasteiger partial charge in [0, 0.05) is 25.6 Å². The summed E-state index contributed by atoms with van der Waals surface area (Å²) in [6.07, 6.45) is 0. The first kappa shape index (κ1) is 16.9. The van der Waals surface area contributed by atoms with Gasteiger partial charge in [-0.3, -0.25) is 9.69 Å². The Hall–Kier alpha value is -1.97. The van der Waals surface area contributed by atoms with E-state index in [1.807, 2.05) is 43.3 Å². The summed E-state index contributed by atoms with van der Waals surface area (Å²) in [4.78, 5) is 14.8. The maximum Gasteiger partial charge on any atom is 0.143 e. The molecule has 0 N–H and O–H groups in total. The smallest absolute Gasteiger partial charge is 0.143 e. The van der Waals surface area contributed by atoms with Crippen LogP contribution in [0.5, 0.6) is 0 Å². The number of hydrogen-bond donors (Lipinski definition) is 0. The molecule has 0 radical (unpaired) electrons. The Morgan fingerprint density at radius 3 is 2.25 bits per heavy atom. The number of carbonyl (C=O) groups is 1. The van der Waals surface area contributed by atoms with Gasteiger partial charge >= 0.3 is 0 Å². The summed E-state index contributed by atoms with van der Waals surface area (Å²) in [5.41, 5.74) is 2.44. The zero-order valence-corrected chi connectivity index (χ0v) is 14.2. The van der Waals surface area contributed by atoms with Crippen molar-refractivity contribution >= 4 is 5.78 Å². The van der Waals surface area contributed by atoms with Gasteiger partial charge < -0.3 is 4.74 Å². The maximum atomic E-state index is 12.5. The predicted octanol–water partition coefficient (Wildman–Crippen LogP) is 3.54. The highest BCUT2D eigenvalue weighted by Crippen LogP contribution is 2.21. The number of hydrogen-bond acceptors (Lipinski definition) is 3. The van der Waals surface area contributed by atoms with Gasteiger partial charge in [0.05, 0.1) is 19.1 Å². The van der Waals surface area contributed by atoms with Gasteiger partial charge in [-0.15, -0.1) is 0 Å². The molecule has 0 aromatic heterocycles. The molecular formula is C21H25NO2. The average molecular weight is 323 g/mol. The third-order valence-electron chi connectivity index (χ3n) is 4.58. The minimum atomic E-state index is -0.0267. The summed E-state index contributed by atoms with van der Waals surface area (Å²) in [6, 6.07) is 20.6. The van der Waals surface area contributed by atoms with E-state index in [1.165, 1.54) is 5.56 Å².